The molecule has 2 heterocycles. The van der Waals surface area contributed by atoms with E-state index in [1.54, 1.807) is 12.1 Å². The van der Waals surface area contributed by atoms with Crippen LogP contribution in [0.25, 0.3) is 0 Å². The van der Waals surface area contributed by atoms with Crippen molar-refractivity contribution in [1.29, 1.82) is 0 Å². The third-order valence-electron chi connectivity index (χ3n) is 4.33. The van der Waals surface area contributed by atoms with E-state index in [0.717, 1.165) is 32.6 Å². The first-order valence-corrected chi connectivity index (χ1v) is 7.14. The van der Waals surface area contributed by atoms with Gasteiger partial charge in [-0.25, -0.2) is 4.39 Å². The average molecular weight is 277 g/mol. The molecule has 1 aromatic rings. The van der Waals surface area contributed by atoms with E-state index in [0.29, 0.717) is 17.6 Å². The van der Waals surface area contributed by atoms with Crippen LogP contribution in [0.2, 0.25) is 0 Å². The minimum atomic E-state index is -0.333. The SMILES string of the molecule is O=C(CN1CCC2(CCNC2)C1)Nc1cccc(F)c1. The summed E-state index contributed by atoms with van der Waals surface area (Å²) in [5.41, 5.74) is 0.894. The summed E-state index contributed by atoms with van der Waals surface area (Å²) in [6.45, 7) is 4.49. The van der Waals surface area contributed by atoms with Crippen molar-refractivity contribution in [3.63, 3.8) is 0 Å². The maximum atomic E-state index is 13.1. The van der Waals surface area contributed by atoms with E-state index in [4.69, 9.17) is 0 Å². The van der Waals surface area contributed by atoms with Crippen molar-refractivity contribution in [3.05, 3.63) is 30.1 Å². The number of nitrogens with one attached hydrogen (secondary N) is 2. The number of carbonyl (C=O) groups excluding carboxylic acids is 1. The Bertz CT molecular complexity index is 500. The molecule has 1 spiro atoms. The number of halogens is 1. The average Bonchev–Trinajstić information content (AvgIpc) is 3.00. The standard InChI is InChI=1S/C15H20FN3O/c16-12-2-1-3-13(8-12)18-14(20)9-19-7-5-15(11-19)4-6-17-10-15/h1-3,8,17H,4-7,9-11H2,(H,18,20). The summed E-state index contributed by atoms with van der Waals surface area (Å²) in [5.74, 6) is -0.404. The number of nitrogens with zero attached hydrogens (tertiary/aromatic N) is 1. The summed E-state index contributed by atoms with van der Waals surface area (Å²) < 4.78 is 13.1. The van der Waals surface area contributed by atoms with Crippen molar-refractivity contribution in [2.45, 2.75) is 12.8 Å². The first kappa shape index (κ1) is 13.5. The molecule has 3 rings (SSSR count). The molecule has 0 bridgehead atoms. The fourth-order valence-electron chi connectivity index (χ4n) is 3.28. The molecule has 1 atom stereocenters. The van der Waals surface area contributed by atoms with E-state index in [9.17, 15) is 9.18 Å². The second-order valence-corrected chi connectivity index (χ2v) is 5.95. The highest BCUT2D eigenvalue weighted by molar-refractivity contribution is 5.92. The van der Waals surface area contributed by atoms with Crippen LogP contribution in [-0.2, 0) is 4.79 Å². The van der Waals surface area contributed by atoms with Crippen LogP contribution in [0.5, 0.6) is 0 Å². The second kappa shape index (κ2) is 5.50. The molecule has 0 saturated carbocycles. The van der Waals surface area contributed by atoms with Gasteiger partial charge in [0.15, 0.2) is 0 Å². The zero-order valence-electron chi connectivity index (χ0n) is 11.5. The van der Waals surface area contributed by atoms with Crippen LogP contribution in [0.3, 0.4) is 0 Å². The molecule has 2 aliphatic rings. The van der Waals surface area contributed by atoms with Gasteiger partial charge in [0.05, 0.1) is 6.54 Å². The molecular formula is C15H20FN3O. The Morgan fingerprint density at radius 3 is 3.10 bits per heavy atom. The molecule has 0 radical (unpaired) electrons. The van der Waals surface area contributed by atoms with Crippen LogP contribution >= 0.6 is 0 Å². The van der Waals surface area contributed by atoms with Crippen molar-refractivity contribution < 1.29 is 9.18 Å². The summed E-state index contributed by atoms with van der Waals surface area (Å²) in [6.07, 6.45) is 2.36. The van der Waals surface area contributed by atoms with Gasteiger partial charge in [0, 0.05) is 18.8 Å². The van der Waals surface area contributed by atoms with Crippen molar-refractivity contribution in [2.75, 3.05) is 38.0 Å². The van der Waals surface area contributed by atoms with Crippen LogP contribution in [-0.4, -0.2) is 43.5 Å². The second-order valence-electron chi connectivity index (χ2n) is 5.95. The molecular weight excluding hydrogens is 257 g/mol. The number of hydrogen-bond acceptors (Lipinski definition) is 3. The fourth-order valence-corrected chi connectivity index (χ4v) is 3.28. The highest BCUT2D eigenvalue weighted by Crippen LogP contribution is 2.35. The summed E-state index contributed by atoms with van der Waals surface area (Å²) in [5, 5.41) is 6.16. The third kappa shape index (κ3) is 2.99. The zero-order valence-corrected chi connectivity index (χ0v) is 11.5. The van der Waals surface area contributed by atoms with Crippen LogP contribution in [0.4, 0.5) is 10.1 Å². The summed E-state index contributed by atoms with van der Waals surface area (Å²) in [7, 11) is 0. The maximum absolute atomic E-state index is 13.1. The first-order valence-electron chi connectivity index (χ1n) is 7.14. The summed E-state index contributed by atoms with van der Waals surface area (Å²) in [6, 6.07) is 6.00. The summed E-state index contributed by atoms with van der Waals surface area (Å²) >= 11 is 0. The number of amides is 1. The minimum Gasteiger partial charge on any atom is -0.325 e. The Kier molecular flexibility index (Phi) is 3.72. The Morgan fingerprint density at radius 1 is 1.45 bits per heavy atom. The molecule has 1 aromatic carbocycles. The van der Waals surface area contributed by atoms with E-state index in [1.165, 1.54) is 18.6 Å². The van der Waals surface area contributed by atoms with Crippen LogP contribution in [0, 0.1) is 11.2 Å². The van der Waals surface area contributed by atoms with Crippen LogP contribution in [0.1, 0.15) is 12.8 Å². The smallest absolute Gasteiger partial charge is 0.238 e. The van der Waals surface area contributed by atoms with E-state index in [2.05, 4.69) is 15.5 Å². The Balaban J connectivity index is 1.52. The van der Waals surface area contributed by atoms with Gasteiger partial charge in [0.25, 0.3) is 0 Å². The van der Waals surface area contributed by atoms with E-state index in [1.807, 2.05) is 0 Å². The molecule has 2 fully saturated rings. The molecule has 20 heavy (non-hydrogen) atoms. The number of likely N-dealkylation sites (tertiary alicyclic amines) is 1. The number of carbonyl (C=O) groups is 1. The predicted octanol–water partition coefficient (Wildman–Crippen LogP) is 1.45. The normalized spacial score (nSPS) is 26.2. The number of hydrogen-bond donors (Lipinski definition) is 2. The molecule has 108 valence electrons. The Morgan fingerprint density at radius 2 is 2.35 bits per heavy atom. The lowest BCUT2D eigenvalue weighted by Gasteiger charge is -2.22. The maximum Gasteiger partial charge on any atom is 0.238 e. The number of anilines is 1. The van der Waals surface area contributed by atoms with Gasteiger partial charge in [0.1, 0.15) is 5.82 Å². The first-order chi connectivity index (χ1) is 9.65. The van der Waals surface area contributed by atoms with Gasteiger partial charge in [0.2, 0.25) is 5.91 Å². The largest absolute Gasteiger partial charge is 0.325 e. The quantitative estimate of drug-likeness (QED) is 0.879. The van der Waals surface area contributed by atoms with Gasteiger partial charge in [-0.15, -0.1) is 0 Å². The molecule has 2 N–H and O–H groups in total. The van der Waals surface area contributed by atoms with E-state index < -0.39 is 0 Å². The van der Waals surface area contributed by atoms with E-state index >= 15 is 0 Å². The van der Waals surface area contributed by atoms with Crippen molar-refractivity contribution in [3.8, 4) is 0 Å². The molecule has 2 saturated heterocycles. The van der Waals surface area contributed by atoms with Gasteiger partial charge in [-0.1, -0.05) is 6.07 Å². The molecule has 5 heteroatoms. The Labute approximate surface area is 118 Å². The van der Waals surface area contributed by atoms with Gasteiger partial charge in [-0.2, -0.15) is 0 Å². The zero-order chi connectivity index (χ0) is 14.0. The van der Waals surface area contributed by atoms with Gasteiger partial charge < -0.3 is 10.6 Å². The summed E-state index contributed by atoms with van der Waals surface area (Å²) in [4.78, 5) is 14.2. The molecule has 0 aliphatic carbocycles. The van der Waals surface area contributed by atoms with E-state index in [-0.39, 0.29) is 11.7 Å². The van der Waals surface area contributed by atoms with Crippen LogP contribution < -0.4 is 10.6 Å². The lowest BCUT2D eigenvalue weighted by atomic mass is 9.87. The highest BCUT2D eigenvalue weighted by Gasteiger charge is 2.40. The van der Waals surface area contributed by atoms with Gasteiger partial charge >= 0.3 is 0 Å². The van der Waals surface area contributed by atoms with Gasteiger partial charge in [-0.3, -0.25) is 9.69 Å². The number of benzene rings is 1. The molecule has 1 amide bonds. The predicted molar refractivity (Wildman–Crippen MR) is 76.0 cm³/mol. The Hall–Kier alpha value is -1.46. The minimum absolute atomic E-state index is 0.0707. The molecule has 1 unspecified atom stereocenters. The molecule has 0 aromatic heterocycles. The molecule has 4 nitrogen and oxygen atoms in total. The van der Waals surface area contributed by atoms with Crippen molar-refractivity contribution in [2.24, 2.45) is 5.41 Å². The van der Waals surface area contributed by atoms with Crippen molar-refractivity contribution >= 4 is 11.6 Å². The monoisotopic (exact) mass is 277 g/mol. The van der Waals surface area contributed by atoms with Crippen LogP contribution in [0.15, 0.2) is 24.3 Å². The lowest BCUT2D eigenvalue weighted by Crippen LogP contribution is -2.34. The number of rotatable bonds is 3. The topological polar surface area (TPSA) is 44.4 Å². The van der Waals surface area contributed by atoms with Crippen molar-refractivity contribution in [1.82, 2.24) is 10.2 Å². The fraction of sp³-hybridized carbons (Fsp3) is 0.533. The van der Waals surface area contributed by atoms with Gasteiger partial charge in [-0.05, 0) is 49.5 Å². The highest BCUT2D eigenvalue weighted by atomic mass is 19.1. The molecule has 2 aliphatic heterocycles. The lowest BCUT2D eigenvalue weighted by molar-refractivity contribution is -0.117. The third-order valence-corrected chi connectivity index (χ3v) is 4.33.